The zero-order valence-corrected chi connectivity index (χ0v) is 11.4. The predicted molar refractivity (Wildman–Crippen MR) is 70.7 cm³/mol. The van der Waals surface area contributed by atoms with E-state index in [9.17, 15) is 9.18 Å². The van der Waals surface area contributed by atoms with Crippen LogP contribution in [0.2, 0.25) is 0 Å². The van der Waals surface area contributed by atoms with Crippen molar-refractivity contribution < 1.29 is 9.18 Å². The van der Waals surface area contributed by atoms with E-state index >= 15 is 0 Å². The number of amides is 1. The smallest absolute Gasteiger partial charge is 0.251 e. The van der Waals surface area contributed by atoms with Crippen molar-refractivity contribution in [2.75, 3.05) is 0 Å². The number of carbonyl (C=O) groups is 1. The number of nitrogens with one attached hydrogen (secondary N) is 1. The molecule has 2 rings (SSSR count). The number of carbonyl (C=O) groups excluding carboxylic acids is 1. The largest absolute Gasteiger partial charge is 0.353 e. The van der Waals surface area contributed by atoms with Gasteiger partial charge in [-0.3, -0.25) is 4.79 Å². The summed E-state index contributed by atoms with van der Waals surface area (Å²) in [4.78, 5) is 11.8. The van der Waals surface area contributed by atoms with Crippen LogP contribution in [0.5, 0.6) is 0 Å². The van der Waals surface area contributed by atoms with Crippen LogP contribution in [0.15, 0.2) is 41.0 Å². The second kappa shape index (κ2) is 5.35. The second-order valence-electron chi connectivity index (χ2n) is 3.92. The number of benzene rings is 1. The summed E-state index contributed by atoms with van der Waals surface area (Å²) < 4.78 is 15.6. The Balaban J connectivity index is 2.04. The van der Waals surface area contributed by atoms with E-state index in [1.807, 2.05) is 29.9 Å². The van der Waals surface area contributed by atoms with E-state index in [2.05, 4.69) is 21.2 Å². The van der Waals surface area contributed by atoms with Gasteiger partial charge >= 0.3 is 0 Å². The minimum atomic E-state index is -0.443. The van der Waals surface area contributed by atoms with Crippen molar-refractivity contribution in [2.24, 2.45) is 7.05 Å². The number of rotatable bonds is 3. The van der Waals surface area contributed by atoms with Crippen molar-refractivity contribution >= 4 is 21.8 Å². The average Bonchev–Trinajstić information content (AvgIpc) is 2.75. The third-order valence-corrected chi connectivity index (χ3v) is 3.31. The van der Waals surface area contributed by atoms with Crippen LogP contribution < -0.4 is 5.32 Å². The molecule has 0 fully saturated rings. The van der Waals surface area contributed by atoms with E-state index in [1.165, 1.54) is 12.1 Å². The second-order valence-corrected chi connectivity index (χ2v) is 4.78. The van der Waals surface area contributed by atoms with Crippen LogP contribution in [0.25, 0.3) is 0 Å². The molecule has 94 valence electrons. The van der Waals surface area contributed by atoms with Crippen LogP contribution in [0.1, 0.15) is 16.1 Å². The molecule has 18 heavy (non-hydrogen) atoms. The van der Waals surface area contributed by atoms with Crippen molar-refractivity contribution in [1.29, 1.82) is 0 Å². The zero-order valence-electron chi connectivity index (χ0n) is 9.78. The Morgan fingerprint density at radius 3 is 2.83 bits per heavy atom. The van der Waals surface area contributed by atoms with Gasteiger partial charge < -0.3 is 9.88 Å². The Kier molecular flexibility index (Phi) is 3.81. The number of hydrogen-bond acceptors (Lipinski definition) is 1. The molecule has 5 heteroatoms. The molecule has 1 aromatic carbocycles. The van der Waals surface area contributed by atoms with E-state index < -0.39 is 5.82 Å². The zero-order chi connectivity index (χ0) is 13.1. The van der Waals surface area contributed by atoms with Crippen molar-refractivity contribution in [3.05, 3.63) is 58.1 Å². The minimum Gasteiger partial charge on any atom is -0.353 e. The molecule has 1 aromatic heterocycles. The summed E-state index contributed by atoms with van der Waals surface area (Å²) in [6.07, 6.45) is 1.90. The van der Waals surface area contributed by atoms with Crippen LogP contribution in [0, 0.1) is 5.82 Å². The molecule has 1 heterocycles. The number of aromatic nitrogens is 1. The lowest BCUT2D eigenvalue weighted by molar-refractivity contribution is 0.0949. The van der Waals surface area contributed by atoms with Gasteiger partial charge in [0.05, 0.1) is 11.0 Å². The van der Waals surface area contributed by atoms with Gasteiger partial charge in [-0.05, 0) is 46.3 Å². The van der Waals surface area contributed by atoms with Gasteiger partial charge in [-0.25, -0.2) is 4.39 Å². The van der Waals surface area contributed by atoms with E-state index in [-0.39, 0.29) is 5.91 Å². The molecule has 1 amide bonds. The van der Waals surface area contributed by atoms with Crippen LogP contribution >= 0.6 is 15.9 Å². The Morgan fingerprint density at radius 2 is 2.22 bits per heavy atom. The highest BCUT2D eigenvalue weighted by molar-refractivity contribution is 9.10. The summed E-state index contributed by atoms with van der Waals surface area (Å²) in [5.74, 6) is -0.732. The van der Waals surface area contributed by atoms with Gasteiger partial charge in [-0.2, -0.15) is 0 Å². The first-order chi connectivity index (χ1) is 8.58. The molecule has 0 atom stereocenters. The van der Waals surface area contributed by atoms with Gasteiger partial charge in [0, 0.05) is 24.5 Å². The molecular weight excluding hydrogens is 299 g/mol. The fourth-order valence-corrected chi connectivity index (χ4v) is 1.84. The van der Waals surface area contributed by atoms with E-state index in [0.29, 0.717) is 16.6 Å². The topological polar surface area (TPSA) is 34.0 Å². The molecule has 1 N–H and O–H groups in total. The maximum absolute atomic E-state index is 13.3. The van der Waals surface area contributed by atoms with E-state index in [0.717, 1.165) is 5.69 Å². The Bertz CT molecular complexity index is 580. The molecule has 0 aliphatic carbocycles. The van der Waals surface area contributed by atoms with Crippen LogP contribution in [0.4, 0.5) is 4.39 Å². The molecular formula is C13H12BrFN2O. The van der Waals surface area contributed by atoms with Crippen molar-refractivity contribution in [2.45, 2.75) is 6.54 Å². The highest BCUT2D eigenvalue weighted by Crippen LogP contribution is 2.16. The third kappa shape index (κ3) is 2.79. The predicted octanol–water partition coefficient (Wildman–Crippen LogP) is 2.86. The summed E-state index contributed by atoms with van der Waals surface area (Å²) in [5.41, 5.74) is 1.30. The fraction of sp³-hybridized carbons (Fsp3) is 0.154. The van der Waals surface area contributed by atoms with Gasteiger partial charge in [0.15, 0.2) is 0 Å². The third-order valence-electron chi connectivity index (χ3n) is 2.66. The Labute approximate surface area is 113 Å². The normalized spacial score (nSPS) is 10.4. The van der Waals surface area contributed by atoms with Gasteiger partial charge in [0.1, 0.15) is 5.82 Å². The summed E-state index contributed by atoms with van der Waals surface area (Å²) in [6.45, 7) is 0.417. The first kappa shape index (κ1) is 12.8. The van der Waals surface area contributed by atoms with Crippen LogP contribution in [0.3, 0.4) is 0 Å². The molecule has 0 aliphatic heterocycles. The van der Waals surface area contributed by atoms with Crippen molar-refractivity contribution in [3.63, 3.8) is 0 Å². The maximum atomic E-state index is 13.3. The summed E-state index contributed by atoms with van der Waals surface area (Å²) in [6, 6.07) is 8.13. The van der Waals surface area contributed by atoms with Gasteiger partial charge in [0.2, 0.25) is 0 Å². The minimum absolute atomic E-state index is 0.289. The number of aryl methyl sites for hydroxylation is 1. The monoisotopic (exact) mass is 310 g/mol. The number of nitrogens with zero attached hydrogens (tertiary/aromatic N) is 1. The quantitative estimate of drug-likeness (QED) is 0.929. The number of halogens is 2. The lowest BCUT2D eigenvalue weighted by atomic mass is 10.2. The van der Waals surface area contributed by atoms with Gasteiger partial charge in [-0.1, -0.05) is 0 Å². The number of hydrogen-bond donors (Lipinski definition) is 1. The first-order valence-corrected chi connectivity index (χ1v) is 6.20. The van der Waals surface area contributed by atoms with Crippen molar-refractivity contribution in [1.82, 2.24) is 9.88 Å². The highest BCUT2D eigenvalue weighted by Gasteiger charge is 2.08. The summed E-state index contributed by atoms with van der Waals surface area (Å²) >= 11 is 3.05. The Morgan fingerprint density at radius 1 is 1.44 bits per heavy atom. The lowest BCUT2D eigenvalue weighted by Gasteiger charge is -2.07. The molecule has 2 aromatic rings. The fourth-order valence-electron chi connectivity index (χ4n) is 1.59. The molecule has 0 bridgehead atoms. The van der Waals surface area contributed by atoms with Crippen LogP contribution in [-0.2, 0) is 13.6 Å². The van der Waals surface area contributed by atoms with Gasteiger partial charge in [0.25, 0.3) is 5.91 Å². The summed E-state index contributed by atoms with van der Waals surface area (Å²) in [7, 11) is 1.90. The van der Waals surface area contributed by atoms with E-state index in [4.69, 9.17) is 0 Å². The standard InChI is InChI=1S/C13H12BrFN2O/c1-17-6-2-3-10(17)8-16-13(18)9-4-5-11(14)12(15)7-9/h2-7H,8H2,1H3,(H,16,18). The van der Waals surface area contributed by atoms with Gasteiger partial charge in [-0.15, -0.1) is 0 Å². The highest BCUT2D eigenvalue weighted by atomic mass is 79.9. The first-order valence-electron chi connectivity index (χ1n) is 5.41. The van der Waals surface area contributed by atoms with E-state index in [1.54, 1.807) is 6.07 Å². The molecule has 0 spiro atoms. The average molecular weight is 311 g/mol. The summed E-state index contributed by atoms with van der Waals surface area (Å²) in [5, 5.41) is 2.75. The molecule has 0 radical (unpaired) electrons. The molecule has 0 saturated carbocycles. The molecule has 0 saturated heterocycles. The molecule has 0 unspecified atom stereocenters. The molecule has 0 aliphatic rings. The molecule has 3 nitrogen and oxygen atoms in total. The SMILES string of the molecule is Cn1cccc1CNC(=O)c1ccc(Br)c(F)c1. The maximum Gasteiger partial charge on any atom is 0.251 e. The van der Waals surface area contributed by atoms with Crippen molar-refractivity contribution in [3.8, 4) is 0 Å². The van der Waals surface area contributed by atoms with Crippen LogP contribution in [-0.4, -0.2) is 10.5 Å². The lowest BCUT2D eigenvalue weighted by Crippen LogP contribution is -2.23. The Hall–Kier alpha value is -1.62.